The predicted molar refractivity (Wildman–Crippen MR) is 79.9 cm³/mol. The van der Waals surface area contributed by atoms with Gasteiger partial charge in [0.2, 0.25) is 0 Å². The second-order valence-corrected chi connectivity index (χ2v) is 5.40. The number of carbonyl (C=O) groups is 1. The molecule has 0 fully saturated rings. The van der Waals surface area contributed by atoms with Crippen LogP contribution >= 0.6 is 0 Å². The summed E-state index contributed by atoms with van der Waals surface area (Å²) in [6.07, 6.45) is 0.830. The van der Waals surface area contributed by atoms with Gasteiger partial charge in [0.15, 0.2) is 5.60 Å². The van der Waals surface area contributed by atoms with Gasteiger partial charge in [-0.25, -0.2) is 0 Å². The molecule has 3 nitrogen and oxygen atoms in total. The van der Waals surface area contributed by atoms with Crippen molar-refractivity contribution in [3.8, 4) is 5.75 Å². The highest BCUT2D eigenvalue weighted by Crippen LogP contribution is 2.44. The summed E-state index contributed by atoms with van der Waals surface area (Å²) in [5, 5.41) is 0. The zero-order valence-corrected chi connectivity index (χ0v) is 12.4. The van der Waals surface area contributed by atoms with Gasteiger partial charge in [0, 0.05) is 16.7 Å². The van der Waals surface area contributed by atoms with Crippen molar-refractivity contribution in [2.45, 2.75) is 33.3 Å². The number of allylic oxidation sites excluding steroid dienone is 2. The Morgan fingerprint density at radius 2 is 2.15 bits per heavy atom. The zero-order valence-electron chi connectivity index (χ0n) is 12.4. The lowest BCUT2D eigenvalue weighted by Gasteiger charge is -2.36. The van der Waals surface area contributed by atoms with Crippen LogP contribution in [0.5, 0.6) is 5.75 Å². The van der Waals surface area contributed by atoms with Crippen molar-refractivity contribution in [2.75, 3.05) is 6.61 Å². The molecule has 0 atom stereocenters. The average molecular weight is 272 g/mol. The molecular weight excluding hydrogens is 252 g/mol. The molecule has 0 aliphatic carbocycles. The summed E-state index contributed by atoms with van der Waals surface area (Å²) in [5.74, 6) is 1.52. The predicted octanol–water partition coefficient (Wildman–Crippen LogP) is 3.99. The van der Waals surface area contributed by atoms with E-state index in [9.17, 15) is 4.79 Å². The van der Waals surface area contributed by atoms with E-state index in [1.54, 1.807) is 6.07 Å². The minimum Gasteiger partial charge on any atom is -0.493 e. The van der Waals surface area contributed by atoms with Crippen molar-refractivity contribution in [3.63, 3.8) is 0 Å². The molecule has 1 aliphatic heterocycles. The van der Waals surface area contributed by atoms with Crippen LogP contribution in [-0.2, 0) is 4.74 Å². The molecule has 0 radical (unpaired) electrons. The highest BCUT2D eigenvalue weighted by Gasteiger charge is 2.36. The van der Waals surface area contributed by atoms with E-state index in [1.165, 1.54) is 0 Å². The lowest BCUT2D eigenvalue weighted by atomic mass is 9.88. The lowest BCUT2D eigenvalue weighted by Crippen LogP contribution is -2.36. The van der Waals surface area contributed by atoms with E-state index in [-0.39, 0.29) is 0 Å². The highest BCUT2D eigenvalue weighted by molar-refractivity contribution is 5.88. The van der Waals surface area contributed by atoms with Crippen LogP contribution in [0.2, 0.25) is 0 Å². The van der Waals surface area contributed by atoms with Crippen molar-refractivity contribution in [1.82, 2.24) is 0 Å². The summed E-state index contributed by atoms with van der Waals surface area (Å²) in [5.41, 5.74) is 2.75. The van der Waals surface area contributed by atoms with Gasteiger partial charge in [-0.15, -0.1) is 0 Å². The first-order chi connectivity index (χ1) is 9.40. The second kappa shape index (κ2) is 5.16. The SMILES string of the molecule is C=C(C)C1=C(OCC)C(C)(C)Oc2ccc(C=O)cc21. The summed E-state index contributed by atoms with van der Waals surface area (Å²) < 4.78 is 11.8. The molecule has 1 aromatic carbocycles. The number of ether oxygens (including phenoxy) is 2. The summed E-state index contributed by atoms with van der Waals surface area (Å²) in [7, 11) is 0. The number of fused-ring (bicyclic) bond motifs is 1. The van der Waals surface area contributed by atoms with Gasteiger partial charge in [0.05, 0.1) is 6.61 Å². The van der Waals surface area contributed by atoms with E-state index in [0.29, 0.717) is 12.2 Å². The molecular formula is C17H20O3. The number of carbonyl (C=O) groups excluding carboxylic acids is 1. The molecule has 20 heavy (non-hydrogen) atoms. The Hall–Kier alpha value is -2.03. The Morgan fingerprint density at radius 3 is 2.70 bits per heavy atom. The minimum absolute atomic E-state index is 0.556. The monoisotopic (exact) mass is 272 g/mol. The topological polar surface area (TPSA) is 35.5 Å². The largest absolute Gasteiger partial charge is 0.493 e. The summed E-state index contributed by atoms with van der Waals surface area (Å²) in [6.45, 7) is 12.4. The van der Waals surface area contributed by atoms with Gasteiger partial charge < -0.3 is 9.47 Å². The fourth-order valence-corrected chi connectivity index (χ4v) is 2.46. The Kier molecular flexibility index (Phi) is 3.71. The minimum atomic E-state index is -0.556. The summed E-state index contributed by atoms with van der Waals surface area (Å²) in [6, 6.07) is 5.40. The van der Waals surface area contributed by atoms with Crippen molar-refractivity contribution < 1.29 is 14.3 Å². The van der Waals surface area contributed by atoms with Gasteiger partial charge in [-0.2, -0.15) is 0 Å². The van der Waals surface area contributed by atoms with Gasteiger partial charge in [-0.3, -0.25) is 4.79 Å². The third-order valence-corrected chi connectivity index (χ3v) is 3.26. The van der Waals surface area contributed by atoms with Gasteiger partial charge in [0.1, 0.15) is 17.8 Å². The first-order valence-corrected chi connectivity index (χ1v) is 6.72. The second-order valence-electron chi connectivity index (χ2n) is 5.40. The van der Waals surface area contributed by atoms with Crippen LogP contribution in [0.3, 0.4) is 0 Å². The summed E-state index contributed by atoms with van der Waals surface area (Å²) >= 11 is 0. The van der Waals surface area contributed by atoms with E-state index in [0.717, 1.165) is 34.5 Å². The standard InChI is InChI=1S/C17H20O3/c1-6-19-16-15(11(2)3)13-9-12(10-18)7-8-14(13)20-17(16,4)5/h7-10H,2,6H2,1,3-5H3. The van der Waals surface area contributed by atoms with Gasteiger partial charge in [-0.1, -0.05) is 6.58 Å². The first kappa shape index (κ1) is 14.4. The van der Waals surface area contributed by atoms with Gasteiger partial charge >= 0.3 is 0 Å². The molecule has 106 valence electrons. The Labute approximate surface area is 119 Å². The highest BCUT2D eigenvalue weighted by atomic mass is 16.5. The number of hydrogen-bond donors (Lipinski definition) is 0. The maximum Gasteiger partial charge on any atom is 0.161 e. The number of aldehydes is 1. The van der Waals surface area contributed by atoms with E-state index in [2.05, 4.69) is 6.58 Å². The van der Waals surface area contributed by atoms with Crippen LogP contribution in [0.1, 0.15) is 43.6 Å². The smallest absolute Gasteiger partial charge is 0.161 e. The maximum absolute atomic E-state index is 11.0. The molecule has 0 saturated heterocycles. The van der Waals surface area contributed by atoms with Gasteiger partial charge in [0.25, 0.3) is 0 Å². The van der Waals surface area contributed by atoms with Crippen molar-refractivity contribution in [3.05, 3.63) is 47.2 Å². The van der Waals surface area contributed by atoms with Crippen LogP contribution in [0, 0.1) is 0 Å². The normalized spacial score (nSPS) is 16.2. The van der Waals surface area contributed by atoms with Crippen molar-refractivity contribution >= 4 is 11.9 Å². The molecule has 0 aromatic heterocycles. The zero-order chi connectivity index (χ0) is 14.9. The van der Waals surface area contributed by atoms with Crippen molar-refractivity contribution in [2.24, 2.45) is 0 Å². The van der Waals surface area contributed by atoms with Crippen LogP contribution in [0.25, 0.3) is 5.57 Å². The van der Waals surface area contributed by atoms with Gasteiger partial charge in [-0.05, 0) is 51.5 Å². The molecule has 0 N–H and O–H groups in total. The number of rotatable bonds is 4. The molecule has 0 spiro atoms. The quantitative estimate of drug-likeness (QED) is 0.777. The molecule has 1 aliphatic rings. The maximum atomic E-state index is 11.0. The van der Waals surface area contributed by atoms with E-state index < -0.39 is 5.60 Å². The molecule has 3 heteroatoms. The fraction of sp³-hybridized carbons (Fsp3) is 0.353. The van der Waals surface area contributed by atoms with Crippen LogP contribution in [0.4, 0.5) is 0 Å². The Bertz CT molecular complexity index is 594. The van der Waals surface area contributed by atoms with E-state index in [1.807, 2.05) is 39.8 Å². The molecule has 0 bridgehead atoms. The van der Waals surface area contributed by atoms with Crippen molar-refractivity contribution in [1.29, 1.82) is 0 Å². The van der Waals surface area contributed by atoms with E-state index in [4.69, 9.17) is 9.47 Å². The number of benzene rings is 1. The molecule has 1 heterocycles. The van der Waals surface area contributed by atoms with Crippen LogP contribution in [0.15, 0.2) is 36.1 Å². The number of hydrogen-bond acceptors (Lipinski definition) is 3. The van der Waals surface area contributed by atoms with E-state index >= 15 is 0 Å². The Morgan fingerprint density at radius 1 is 1.45 bits per heavy atom. The average Bonchev–Trinajstić information content (AvgIpc) is 2.38. The molecule has 1 aromatic rings. The molecule has 2 rings (SSSR count). The lowest BCUT2D eigenvalue weighted by molar-refractivity contribution is 0.0597. The molecule has 0 amide bonds. The van der Waals surface area contributed by atoms with Crippen LogP contribution < -0.4 is 4.74 Å². The van der Waals surface area contributed by atoms with Crippen LogP contribution in [-0.4, -0.2) is 18.5 Å². The third-order valence-electron chi connectivity index (χ3n) is 3.26. The third kappa shape index (κ3) is 2.36. The molecule has 0 unspecified atom stereocenters. The fourth-order valence-electron chi connectivity index (χ4n) is 2.46. The molecule has 0 saturated carbocycles. The summed E-state index contributed by atoms with van der Waals surface area (Å²) in [4.78, 5) is 11.0. The Balaban J connectivity index is 2.73. The first-order valence-electron chi connectivity index (χ1n) is 6.72.